The minimum Gasteiger partial charge on any atom is -0.479 e. The van der Waals surface area contributed by atoms with E-state index in [2.05, 4.69) is 21.2 Å². The van der Waals surface area contributed by atoms with E-state index in [1.807, 2.05) is 25.2 Å². The first-order chi connectivity index (χ1) is 8.61. The lowest BCUT2D eigenvalue weighted by Gasteiger charge is -2.14. The van der Waals surface area contributed by atoms with Crippen LogP contribution >= 0.6 is 15.9 Å². The summed E-state index contributed by atoms with van der Waals surface area (Å²) in [6.45, 7) is 1.57. The normalized spacial score (nSPS) is 19.4. The Kier molecular flexibility index (Phi) is 4.24. The van der Waals surface area contributed by atoms with Gasteiger partial charge in [0.05, 0.1) is 4.47 Å². The molecule has 1 unspecified atom stereocenters. The van der Waals surface area contributed by atoms with Crippen LogP contribution in [0.15, 0.2) is 22.7 Å². The van der Waals surface area contributed by atoms with Crippen LogP contribution in [0, 0.1) is 0 Å². The molecule has 0 spiro atoms. The summed E-state index contributed by atoms with van der Waals surface area (Å²) in [5, 5.41) is 3.09. The molecule has 1 amide bonds. The van der Waals surface area contributed by atoms with Crippen molar-refractivity contribution in [2.75, 3.05) is 20.6 Å². The highest BCUT2D eigenvalue weighted by Crippen LogP contribution is 2.28. The van der Waals surface area contributed by atoms with E-state index in [9.17, 15) is 4.79 Å². The third-order valence-corrected chi connectivity index (χ3v) is 3.64. The molecule has 2 rings (SSSR count). The maximum atomic E-state index is 11.8. The van der Waals surface area contributed by atoms with E-state index >= 15 is 0 Å². The third kappa shape index (κ3) is 2.84. The Hall–Kier alpha value is -1.07. The average molecular weight is 313 g/mol. The molecule has 1 aromatic carbocycles. The Morgan fingerprint density at radius 2 is 2.33 bits per heavy atom. The van der Waals surface area contributed by atoms with Crippen molar-refractivity contribution >= 4 is 21.8 Å². The zero-order valence-corrected chi connectivity index (χ0v) is 12.2. The van der Waals surface area contributed by atoms with E-state index in [0.717, 1.165) is 29.7 Å². The predicted molar refractivity (Wildman–Crippen MR) is 73.6 cm³/mol. The molecule has 1 atom stereocenters. The van der Waals surface area contributed by atoms with Gasteiger partial charge in [0.1, 0.15) is 5.75 Å². The van der Waals surface area contributed by atoms with E-state index in [1.165, 1.54) is 5.56 Å². The topological polar surface area (TPSA) is 41.6 Å². The monoisotopic (exact) mass is 312 g/mol. The fraction of sp³-hybridized carbons (Fsp3) is 0.462. The smallest absolute Gasteiger partial charge is 0.263 e. The van der Waals surface area contributed by atoms with Gasteiger partial charge in [-0.15, -0.1) is 0 Å². The summed E-state index contributed by atoms with van der Waals surface area (Å²) in [7, 11) is 3.71. The molecule has 1 aliphatic rings. The Bertz CT molecular complexity index is 451. The first kappa shape index (κ1) is 13.4. The zero-order chi connectivity index (χ0) is 13.1. The lowest BCUT2D eigenvalue weighted by molar-refractivity contribution is -0.132. The number of halogens is 1. The van der Waals surface area contributed by atoms with Crippen LogP contribution in [0.3, 0.4) is 0 Å². The Labute approximate surface area is 115 Å². The van der Waals surface area contributed by atoms with E-state index in [-0.39, 0.29) is 12.0 Å². The number of amides is 1. The molecule has 1 N–H and O–H groups in total. The number of likely N-dealkylation sites (N-methyl/N-ethyl adjacent to an activating group) is 1. The Balaban J connectivity index is 2.08. The molecule has 0 aromatic heterocycles. The van der Waals surface area contributed by atoms with Gasteiger partial charge in [-0.25, -0.2) is 0 Å². The maximum absolute atomic E-state index is 11.8. The summed E-state index contributed by atoms with van der Waals surface area (Å²) in [4.78, 5) is 13.5. The fourth-order valence-corrected chi connectivity index (χ4v) is 2.53. The van der Waals surface area contributed by atoms with Crippen LogP contribution in [-0.4, -0.2) is 37.6 Å². The Morgan fingerprint density at radius 3 is 2.89 bits per heavy atom. The molecular weight excluding hydrogens is 296 g/mol. The molecule has 18 heavy (non-hydrogen) atoms. The average Bonchev–Trinajstić information content (AvgIpc) is 2.65. The van der Waals surface area contributed by atoms with Gasteiger partial charge in [0.15, 0.2) is 6.10 Å². The molecule has 0 saturated carbocycles. The largest absolute Gasteiger partial charge is 0.479 e. The first-order valence-corrected chi connectivity index (χ1v) is 6.76. The van der Waals surface area contributed by atoms with Crippen molar-refractivity contribution in [2.45, 2.75) is 19.1 Å². The summed E-state index contributed by atoms with van der Waals surface area (Å²) in [5.41, 5.74) is 1.17. The number of hydrogen-bond donors (Lipinski definition) is 1. The summed E-state index contributed by atoms with van der Waals surface area (Å²) >= 11 is 3.48. The molecule has 1 heterocycles. The van der Waals surface area contributed by atoms with Crippen LogP contribution in [0.1, 0.15) is 12.0 Å². The van der Waals surface area contributed by atoms with Crippen LogP contribution in [0.25, 0.3) is 0 Å². The van der Waals surface area contributed by atoms with Crippen molar-refractivity contribution in [1.29, 1.82) is 0 Å². The van der Waals surface area contributed by atoms with Crippen molar-refractivity contribution in [3.63, 3.8) is 0 Å². The van der Waals surface area contributed by atoms with Gasteiger partial charge in [0.25, 0.3) is 5.91 Å². The second kappa shape index (κ2) is 5.71. The van der Waals surface area contributed by atoms with Gasteiger partial charge < -0.3 is 15.0 Å². The standard InChI is InChI=1S/C13H17BrN2O2/c1-15-8-9-3-4-11(10(14)7-9)18-12-5-6-16(2)13(12)17/h3-4,7,12,15H,5-6,8H2,1-2H3. The van der Waals surface area contributed by atoms with Crippen molar-refractivity contribution in [3.05, 3.63) is 28.2 Å². The molecule has 1 aliphatic heterocycles. The molecule has 98 valence electrons. The van der Waals surface area contributed by atoms with Crippen LogP contribution in [0.2, 0.25) is 0 Å². The minimum absolute atomic E-state index is 0.0567. The number of ether oxygens (including phenoxy) is 1. The molecule has 0 bridgehead atoms. The second-order valence-corrected chi connectivity index (χ2v) is 5.30. The third-order valence-electron chi connectivity index (χ3n) is 3.02. The summed E-state index contributed by atoms with van der Waals surface area (Å²) < 4.78 is 6.65. The summed E-state index contributed by atoms with van der Waals surface area (Å²) in [6, 6.07) is 5.91. The second-order valence-electron chi connectivity index (χ2n) is 4.45. The molecular formula is C13H17BrN2O2. The van der Waals surface area contributed by atoms with Gasteiger partial charge in [0, 0.05) is 26.6 Å². The van der Waals surface area contributed by atoms with Gasteiger partial charge in [-0.05, 0) is 40.7 Å². The summed E-state index contributed by atoms with van der Waals surface area (Å²) in [5.74, 6) is 0.782. The van der Waals surface area contributed by atoms with Gasteiger partial charge in [-0.2, -0.15) is 0 Å². The number of nitrogens with zero attached hydrogens (tertiary/aromatic N) is 1. The van der Waals surface area contributed by atoms with Gasteiger partial charge >= 0.3 is 0 Å². The number of likely N-dealkylation sites (tertiary alicyclic amines) is 1. The number of benzene rings is 1. The van der Waals surface area contributed by atoms with Crippen molar-refractivity contribution < 1.29 is 9.53 Å². The Morgan fingerprint density at radius 1 is 1.56 bits per heavy atom. The van der Waals surface area contributed by atoms with Gasteiger partial charge in [-0.1, -0.05) is 6.07 Å². The zero-order valence-electron chi connectivity index (χ0n) is 10.6. The number of carbonyl (C=O) groups is 1. The molecule has 5 heteroatoms. The molecule has 0 radical (unpaired) electrons. The first-order valence-electron chi connectivity index (χ1n) is 5.96. The minimum atomic E-state index is -0.346. The lowest BCUT2D eigenvalue weighted by atomic mass is 10.2. The summed E-state index contributed by atoms with van der Waals surface area (Å²) in [6.07, 6.45) is 0.404. The molecule has 4 nitrogen and oxygen atoms in total. The quantitative estimate of drug-likeness (QED) is 0.921. The number of rotatable bonds is 4. The number of hydrogen-bond acceptors (Lipinski definition) is 3. The predicted octanol–water partition coefficient (Wildman–Crippen LogP) is 1.78. The lowest BCUT2D eigenvalue weighted by Crippen LogP contribution is -2.29. The van der Waals surface area contributed by atoms with Crippen molar-refractivity contribution in [1.82, 2.24) is 10.2 Å². The highest BCUT2D eigenvalue weighted by Gasteiger charge is 2.31. The highest BCUT2D eigenvalue weighted by atomic mass is 79.9. The number of carbonyl (C=O) groups excluding carboxylic acids is 1. The van der Waals surface area contributed by atoms with Crippen molar-refractivity contribution in [3.8, 4) is 5.75 Å². The van der Waals surface area contributed by atoms with E-state index in [0.29, 0.717) is 0 Å². The van der Waals surface area contributed by atoms with Gasteiger partial charge in [0.2, 0.25) is 0 Å². The molecule has 0 aliphatic carbocycles. The van der Waals surface area contributed by atoms with Gasteiger partial charge in [-0.3, -0.25) is 4.79 Å². The van der Waals surface area contributed by atoms with Crippen LogP contribution in [-0.2, 0) is 11.3 Å². The molecule has 1 aromatic rings. The van der Waals surface area contributed by atoms with E-state index in [4.69, 9.17) is 4.74 Å². The van der Waals surface area contributed by atoms with E-state index in [1.54, 1.807) is 11.9 Å². The molecule has 1 fully saturated rings. The van der Waals surface area contributed by atoms with Crippen molar-refractivity contribution in [2.24, 2.45) is 0 Å². The van der Waals surface area contributed by atoms with E-state index < -0.39 is 0 Å². The van der Waals surface area contributed by atoms with Crippen LogP contribution in [0.5, 0.6) is 5.75 Å². The maximum Gasteiger partial charge on any atom is 0.263 e. The molecule has 1 saturated heterocycles. The highest BCUT2D eigenvalue weighted by molar-refractivity contribution is 9.10. The fourth-order valence-electron chi connectivity index (χ4n) is 2.01. The SMILES string of the molecule is CNCc1ccc(OC2CCN(C)C2=O)c(Br)c1. The van der Waals surface area contributed by atoms with Crippen LogP contribution < -0.4 is 10.1 Å². The van der Waals surface area contributed by atoms with Crippen LogP contribution in [0.4, 0.5) is 0 Å². The number of nitrogens with one attached hydrogen (secondary N) is 1.